The Bertz CT molecular complexity index is 1420. The largest absolute Gasteiger partial charge is 0.309 e. The molecule has 0 bridgehead atoms. The number of carbonyl (C=O) groups excluding carboxylic acids is 2. The molecule has 5 rings (SSSR count). The summed E-state index contributed by atoms with van der Waals surface area (Å²) < 4.78 is 0. The molecule has 5 nitrogen and oxygen atoms in total. The molecule has 198 valence electrons. The quantitative estimate of drug-likeness (QED) is 0.169. The molecule has 0 radical (unpaired) electrons. The molecule has 5 aromatic rings. The molecule has 0 aliphatic carbocycles. The van der Waals surface area contributed by atoms with Gasteiger partial charge < -0.3 is 10.6 Å². The fraction of sp³-hybridized carbons (Fsp3) is 0.0606. The van der Waals surface area contributed by atoms with Crippen LogP contribution in [-0.2, 0) is 9.59 Å². The Kier molecular flexibility index (Phi) is 9.29. The van der Waals surface area contributed by atoms with E-state index in [2.05, 4.69) is 15.6 Å². The molecule has 0 aliphatic heterocycles. The fourth-order valence-corrected chi connectivity index (χ4v) is 6.12. The van der Waals surface area contributed by atoms with E-state index in [1.54, 1.807) is 18.2 Å². The smallest absolute Gasteiger partial charge is 0.243 e. The maximum Gasteiger partial charge on any atom is 0.243 e. The highest BCUT2D eigenvalue weighted by Crippen LogP contribution is 2.37. The van der Waals surface area contributed by atoms with Crippen molar-refractivity contribution < 1.29 is 9.59 Å². The lowest BCUT2D eigenvalue weighted by molar-refractivity contribution is -0.116. The van der Waals surface area contributed by atoms with Crippen molar-refractivity contribution in [2.75, 3.05) is 10.6 Å². The maximum atomic E-state index is 13.5. The van der Waals surface area contributed by atoms with Crippen molar-refractivity contribution in [1.82, 2.24) is 4.98 Å². The summed E-state index contributed by atoms with van der Waals surface area (Å²) in [6.45, 7) is 0. The van der Waals surface area contributed by atoms with Crippen LogP contribution in [0.1, 0.15) is 21.6 Å². The summed E-state index contributed by atoms with van der Waals surface area (Å²) in [6.07, 6.45) is 0. The van der Waals surface area contributed by atoms with E-state index in [0.29, 0.717) is 11.6 Å². The van der Waals surface area contributed by atoms with Crippen molar-refractivity contribution in [3.8, 4) is 0 Å². The highest BCUT2D eigenvalue weighted by atomic mass is 32.2. The van der Waals surface area contributed by atoms with E-state index >= 15 is 0 Å². The van der Waals surface area contributed by atoms with Gasteiger partial charge in [-0.2, -0.15) is 0 Å². The summed E-state index contributed by atoms with van der Waals surface area (Å²) in [7, 11) is 0. The minimum Gasteiger partial charge on any atom is -0.309 e. The number of nitrogens with zero attached hydrogens (tertiary/aromatic N) is 1. The summed E-state index contributed by atoms with van der Waals surface area (Å²) in [5, 5.41) is 4.94. The Hall–Kier alpha value is -4.33. The van der Waals surface area contributed by atoms with Crippen molar-refractivity contribution in [2.24, 2.45) is 0 Å². The number of benzene rings is 4. The number of nitrogens with one attached hydrogen (secondary N) is 2. The number of aromatic nitrogens is 1. The number of anilines is 2. The van der Waals surface area contributed by atoms with Gasteiger partial charge in [0, 0.05) is 9.79 Å². The second-order valence-corrected chi connectivity index (χ2v) is 11.2. The molecule has 40 heavy (non-hydrogen) atoms. The Balaban J connectivity index is 1.33. The number of carbonyl (C=O) groups is 2. The second-order valence-electron chi connectivity index (χ2n) is 8.83. The third kappa shape index (κ3) is 7.40. The van der Waals surface area contributed by atoms with Gasteiger partial charge in [-0.15, -0.1) is 23.5 Å². The van der Waals surface area contributed by atoms with Crippen molar-refractivity contribution in [1.29, 1.82) is 0 Å². The van der Waals surface area contributed by atoms with Crippen LogP contribution in [0.25, 0.3) is 0 Å². The van der Waals surface area contributed by atoms with Crippen LogP contribution >= 0.6 is 23.5 Å². The molecule has 0 fully saturated rings. The SMILES string of the molecule is O=C(Nc1cccc(NC(=O)[C@@H](Sc2ccccc2)c2ccccc2)n1)[C@@H](Sc1ccccc1)c1ccccc1. The Morgan fingerprint density at radius 2 is 0.825 bits per heavy atom. The van der Waals surface area contributed by atoms with E-state index in [-0.39, 0.29) is 11.8 Å². The summed E-state index contributed by atoms with van der Waals surface area (Å²) in [5.41, 5.74) is 1.78. The molecular weight excluding hydrogens is 535 g/mol. The minimum atomic E-state index is -0.478. The van der Waals surface area contributed by atoms with Crippen LogP contribution in [0.2, 0.25) is 0 Å². The lowest BCUT2D eigenvalue weighted by Crippen LogP contribution is -2.21. The van der Waals surface area contributed by atoms with Crippen molar-refractivity contribution in [3.63, 3.8) is 0 Å². The van der Waals surface area contributed by atoms with Gasteiger partial charge in [0.15, 0.2) is 0 Å². The molecule has 0 saturated carbocycles. The van der Waals surface area contributed by atoms with Gasteiger partial charge in [0.2, 0.25) is 11.8 Å². The lowest BCUT2D eigenvalue weighted by atomic mass is 10.1. The predicted molar refractivity (Wildman–Crippen MR) is 164 cm³/mol. The van der Waals surface area contributed by atoms with E-state index in [4.69, 9.17) is 0 Å². The van der Waals surface area contributed by atoms with Crippen molar-refractivity contribution in [3.05, 3.63) is 151 Å². The molecular formula is C33H27N3O2S2. The summed E-state index contributed by atoms with van der Waals surface area (Å²) in [6, 6.07) is 44.2. The summed E-state index contributed by atoms with van der Waals surface area (Å²) in [5.74, 6) is 0.337. The van der Waals surface area contributed by atoms with Gasteiger partial charge in [0.05, 0.1) is 0 Å². The van der Waals surface area contributed by atoms with Crippen LogP contribution in [0.15, 0.2) is 149 Å². The molecule has 0 spiro atoms. The van der Waals surface area contributed by atoms with Crippen molar-refractivity contribution in [2.45, 2.75) is 20.3 Å². The van der Waals surface area contributed by atoms with E-state index in [0.717, 1.165) is 20.9 Å². The molecule has 7 heteroatoms. The standard InChI is InChI=1S/C33H27N3O2S2/c37-32(30(24-14-5-1-6-15-24)39-26-18-9-3-10-19-26)35-28-22-13-23-29(34-28)36-33(38)31(25-16-7-2-8-17-25)40-27-20-11-4-12-21-27/h1-23,30-31H,(H2,34,35,36,37,38)/t30-,31-/m0/s1. The molecule has 2 atom stereocenters. The molecule has 1 heterocycles. The van der Waals surface area contributed by atoms with Crippen LogP contribution < -0.4 is 10.6 Å². The lowest BCUT2D eigenvalue weighted by Gasteiger charge is -2.18. The molecule has 0 aliphatic rings. The molecule has 0 saturated heterocycles. The number of amides is 2. The average Bonchev–Trinajstić information content (AvgIpc) is 3.00. The molecule has 0 unspecified atom stereocenters. The number of thioether (sulfide) groups is 2. The molecule has 1 aromatic heterocycles. The maximum absolute atomic E-state index is 13.5. The van der Waals surface area contributed by atoms with Crippen LogP contribution in [0.5, 0.6) is 0 Å². The minimum absolute atomic E-state index is 0.196. The van der Waals surface area contributed by atoms with Crippen LogP contribution in [0, 0.1) is 0 Å². The molecule has 4 aromatic carbocycles. The van der Waals surface area contributed by atoms with Crippen molar-refractivity contribution >= 4 is 47.0 Å². The highest BCUT2D eigenvalue weighted by Gasteiger charge is 2.24. The third-order valence-electron chi connectivity index (χ3n) is 5.93. The Morgan fingerprint density at radius 3 is 1.20 bits per heavy atom. The highest BCUT2D eigenvalue weighted by molar-refractivity contribution is 8.00. The number of rotatable bonds is 10. The van der Waals surface area contributed by atoms with Gasteiger partial charge in [-0.05, 0) is 47.5 Å². The van der Waals surface area contributed by atoms with Crippen LogP contribution in [-0.4, -0.2) is 16.8 Å². The van der Waals surface area contributed by atoms with E-state index in [9.17, 15) is 9.59 Å². The molecule has 2 amide bonds. The average molecular weight is 562 g/mol. The first-order valence-corrected chi connectivity index (χ1v) is 14.5. The first-order chi connectivity index (χ1) is 19.7. The second kappa shape index (κ2) is 13.6. The predicted octanol–water partition coefficient (Wildman–Crippen LogP) is 8.03. The van der Waals surface area contributed by atoms with Gasteiger partial charge in [-0.25, -0.2) is 4.98 Å². The zero-order valence-electron chi connectivity index (χ0n) is 21.5. The topological polar surface area (TPSA) is 71.1 Å². The van der Waals surface area contributed by atoms with E-state index in [1.165, 1.54) is 23.5 Å². The zero-order valence-corrected chi connectivity index (χ0v) is 23.1. The van der Waals surface area contributed by atoms with E-state index < -0.39 is 10.5 Å². The molecule has 2 N–H and O–H groups in total. The monoisotopic (exact) mass is 561 g/mol. The number of pyridine rings is 1. The van der Waals surface area contributed by atoms with Gasteiger partial charge >= 0.3 is 0 Å². The van der Waals surface area contributed by atoms with Crippen LogP contribution in [0.4, 0.5) is 11.6 Å². The van der Waals surface area contributed by atoms with Crippen LogP contribution in [0.3, 0.4) is 0 Å². The van der Waals surface area contributed by atoms with Gasteiger partial charge in [0.1, 0.15) is 22.1 Å². The van der Waals surface area contributed by atoms with Gasteiger partial charge in [-0.3, -0.25) is 9.59 Å². The Labute approximate surface area is 242 Å². The Morgan fingerprint density at radius 1 is 0.475 bits per heavy atom. The third-order valence-corrected chi connectivity index (χ3v) is 8.46. The first kappa shape index (κ1) is 27.2. The number of hydrogen-bond donors (Lipinski definition) is 2. The number of hydrogen-bond acceptors (Lipinski definition) is 5. The summed E-state index contributed by atoms with van der Waals surface area (Å²) >= 11 is 2.95. The fourth-order valence-electron chi connectivity index (χ4n) is 4.03. The van der Waals surface area contributed by atoms with Gasteiger partial charge in [0.25, 0.3) is 0 Å². The van der Waals surface area contributed by atoms with Gasteiger partial charge in [-0.1, -0.05) is 103 Å². The first-order valence-electron chi connectivity index (χ1n) is 12.8. The normalized spacial score (nSPS) is 12.2. The summed E-state index contributed by atoms with van der Waals surface area (Å²) in [4.78, 5) is 33.5. The zero-order chi connectivity index (χ0) is 27.6. The van der Waals surface area contributed by atoms with E-state index in [1.807, 2.05) is 121 Å².